The molecule has 0 aromatic heterocycles. The van der Waals surface area contributed by atoms with Crippen LogP contribution in [0.25, 0.3) is 0 Å². The fourth-order valence-corrected chi connectivity index (χ4v) is 2.91. The Hall–Kier alpha value is -2.87. The van der Waals surface area contributed by atoms with Crippen molar-refractivity contribution in [1.82, 2.24) is 0 Å². The molecule has 2 aromatic carbocycles. The number of thioether (sulfide) groups is 1. The number of carbonyl (C=O) groups is 2. The highest BCUT2D eigenvalue weighted by Gasteiger charge is 2.15. The molecular weight excluding hydrogens is 370 g/mol. The summed E-state index contributed by atoms with van der Waals surface area (Å²) in [4.78, 5) is 24.8. The van der Waals surface area contributed by atoms with Crippen molar-refractivity contribution in [2.45, 2.75) is 4.90 Å². The topological polar surface area (TPSA) is 83.1 Å². The van der Waals surface area contributed by atoms with E-state index in [1.54, 1.807) is 12.1 Å². The lowest BCUT2D eigenvalue weighted by molar-refractivity contribution is -0.144. The number of anilines is 1. The average Bonchev–Trinajstić information content (AvgIpc) is 2.70. The minimum Gasteiger partial charge on any atom is -0.493 e. The molecule has 0 spiro atoms. The highest BCUT2D eigenvalue weighted by molar-refractivity contribution is 8.00. The number of carbonyl (C=O) groups excluding carboxylic acids is 2. The molecule has 144 valence electrons. The van der Waals surface area contributed by atoms with E-state index in [9.17, 15) is 9.59 Å². The van der Waals surface area contributed by atoms with E-state index < -0.39 is 11.9 Å². The van der Waals surface area contributed by atoms with E-state index >= 15 is 0 Å². The molecule has 0 aliphatic rings. The van der Waals surface area contributed by atoms with Gasteiger partial charge in [0.1, 0.15) is 0 Å². The van der Waals surface area contributed by atoms with Crippen LogP contribution in [0.2, 0.25) is 0 Å². The summed E-state index contributed by atoms with van der Waals surface area (Å²) in [6, 6.07) is 12.6. The maximum Gasteiger partial charge on any atom is 0.316 e. The van der Waals surface area contributed by atoms with E-state index in [1.165, 1.54) is 33.1 Å². The molecule has 0 fully saturated rings. The van der Waals surface area contributed by atoms with E-state index in [-0.39, 0.29) is 12.4 Å². The largest absolute Gasteiger partial charge is 0.493 e. The fraction of sp³-hybridized carbons (Fsp3) is 0.263. The van der Waals surface area contributed by atoms with Gasteiger partial charge in [-0.25, -0.2) is 0 Å². The summed E-state index contributed by atoms with van der Waals surface area (Å²) in [6.45, 7) is -0.384. The predicted octanol–water partition coefficient (Wildman–Crippen LogP) is 2.99. The second-order valence-electron chi connectivity index (χ2n) is 5.22. The molecule has 0 saturated heterocycles. The van der Waals surface area contributed by atoms with Crippen LogP contribution in [-0.4, -0.2) is 45.6 Å². The molecule has 1 amide bonds. The van der Waals surface area contributed by atoms with Crippen LogP contribution in [0.4, 0.5) is 5.69 Å². The van der Waals surface area contributed by atoms with E-state index in [0.29, 0.717) is 22.9 Å². The van der Waals surface area contributed by atoms with Gasteiger partial charge < -0.3 is 24.3 Å². The van der Waals surface area contributed by atoms with Crippen LogP contribution in [0.5, 0.6) is 17.2 Å². The lowest BCUT2D eigenvalue weighted by Crippen LogP contribution is -2.21. The summed E-state index contributed by atoms with van der Waals surface area (Å²) in [6.07, 6.45) is 0. The Kier molecular flexibility index (Phi) is 7.81. The summed E-state index contributed by atoms with van der Waals surface area (Å²) >= 11 is 1.34. The predicted molar refractivity (Wildman–Crippen MR) is 103 cm³/mol. The first-order chi connectivity index (χ1) is 13.1. The number of rotatable bonds is 9. The summed E-state index contributed by atoms with van der Waals surface area (Å²) < 4.78 is 20.7. The lowest BCUT2D eigenvalue weighted by Gasteiger charge is -2.14. The monoisotopic (exact) mass is 391 g/mol. The van der Waals surface area contributed by atoms with Crippen molar-refractivity contribution in [2.24, 2.45) is 0 Å². The Morgan fingerprint density at radius 1 is 0.963 bits per heavy atom. The number of methoxy groups -OCH3 is 3. The van der Waals surface area contributed by atoms with Crippen molar-refractivity contribution in [3.05, 3.63) is 42.5 Å². The summed E-state index contributed by atoms with van der Waals surface area (Å²) in [5, 5.41) is 2.63. The van der Waals surface area contributed by atoms with Gasteiger partial charge in [-0.1, -0.05) is 18.2 Å². The molecule has 2 aromatic rings. The zero-order valence-corrected chi connectivity index (χ0v) is 16.1. The lowest BCUT2D eigenvalue weighted by atomic mass is 10.2. The number of nitrogens with one attached hydrogen (secondary N) is 1. The minimum atomic E-state index is -0.470. The van der Waals surface area contributed by atoms with Crippen LogP contribution in [0.1, 0.15) is 0 Å². The van der Waals surface area contributed by atoms with Gasteiger partial charge in [0.2, 0.25) is 5.75 Å². The summed E-state index contributed by atoms with van der Waals surface area (Å²) in [5.41, 5.74) is 0.434. The van der Waals surface area contributed by atoms with E-state index in [4.69, 9.17) is 18.9 Å². The fourth-order valence-electron chi connectivity index (χ4n) is 2.20. The van der Waals surface area contributed by atoms with Crippen LogP contribution in [0.15, 0.2) is 47.4 Å². The highest BCUT2D eigenvalue weighted by Crippen LogP contribution is 2.39. The van der Waals surface area contributed by atoms with E-state index in [0.717, 1.165) is 4.90 Å². The zero-order chi connectivity index (χ0) is 19.6. The quantitative estimate of drug-likeness (QED) is 0.520. The maximum atomic E-state index is 12.0. The number of amides is 1. The van der Waals surface area contributed by atoms with Gasteiger partial charge in [0.05, 0.1) is 27.1 Å². The molecule has 0 bridgehead atoms. The Balaban J connectivity index is 1.87. The van der Waals surface area contributed by atoms with Crippen molar-refractivity contribution in [3.63, 3.8) is 0 Å². The number of hydrogen-bond acceptors (Lipinski definition) is 7. The standard InChI is InChI=1S/C19H21NO6S/c1-23-15-9-13(10-16(24-2)19(15)25-3)20-17(21)11-26-18(22)12-27-14-7-5-4-6-8-14/h4-10H,11-12H2,1-3H3,(H,20,21). The SMILES string of the molecule is COc1cc(NC(=O)COC(=O)CSc2ccccc2)cc(OC)c1OC. The van der Waals surface area contributed by atoms with Crippen LogP contribution in [0.3, 0.4) is 0 Å². The molecule has 0 unspecified atom stereocenters. The smallest absolute Gasteiger partial charge is 0.316 e. The van der Waals surface area contributed by atoms with E-state index in [1.807, 2.05) is 30.3 Å². The van der Waals surface area contributed by atoms with Gasteiger partial charge in [0, 0.05) is 22.7 Å². The Bertz CT molecular complexity index is 756. The molecule has 8 heteroatoms. The summed E-state index contributed by atoms with van der Waals surface area (Å²) in [5.74, 6) is 0.419. The molecular formula is C19H21NO6S. The minimum absolute atomic E-state index is 0.126. The Labute approximate surface area is 161 Å². The van der Waals surface area contributed by atoms with Crippen molar-refractivity contribution >= 4 is 29.3 Å². The third-order valence-electron chi connectivity index (χ3n) is 3.41. The third-order valence-corrected chi connectivity index (χ3v) is 4.40. The molecule has 27 heavy (non-hydrogen) atoms. The van der Waals surface area contributed by atoms with Crippen molar-refractivity contribution in [2.75, 3.05) is 39.0 Å². The Morgan fingerprint density at radius 3 is 2.15 bits per heavy atom. The van der Waals surface area contributed by atoms with Crippen molar-refractivity contribution in [3.8, 4) is 17.2 Å². The first-order valence-electron chi connectivity index (χ1n) is 8.00. The molecule has 7 nitrogen and oxygen atoms in total. The van der Waals surface area contributed by atoms with Gasteiger partial charge >= 0.3 is 5.97 Å². The van der Waals surface area contributed by atoms with Crippen LogP contribution < -0.4 is 19.5 Å². The highest BCUT2D eigenvalue weighted by atomic mass is 32.2. The van der Waals surface area contributed by atoms with Crippen molar-refractivity contribution < 1.29 is 28.5 Å². The van der Waals surface area contributed by atoms with Gasteiger partial charge in [0.25, 0.3) is 5.91 Å². The molecule has 0 aliphatic heterocycles. The van der Waals surface area contributed by atoms with Crippen LogP contribution in [-0.2, 0) is 14.3 Å². The van der Waals surface area contributed by atoms with Gasteiger partial charge in [-0.2, -0.15) is 0 Å². The first kappa shape index (κ1) is 20.4. The summed E-state index contributed by atoms with van der Waals surface area (Å²) in [7, 11) is 4.45. The third kappa shape index (κ3) is 6.10. The van der Waals surface area contributed by atoms with Crippen LogP contribution in [0, 0.1) is 0 Å². The first-order valence-corrected chi connectivity index (χ1v) is 8.99. The molecule has 0 atom stereocenters. The van der Waals surface area contributed by atoms with Gasteiger partial charge in [-0.15, -0.1) is 11.8 Å². The molecule has 1 N–H and O–H groups in total. The Morgan fingerprint density at radius 2 is 1.59 bits per heavy atom. The van der Waals surface area contributed by atoms with Crippen molar-refractivity contribution in [1.29, 1.82) is 0 Å². The van der Waals surface area contributed by atoms with Gasteiger partial charge in [-0.3, -0.25) is 9.59 Å². The zero-order valence-electron chi connectivity index (χ0n) is 15.3. The number of benzene rings is 2. The second kappa shape index (κ2) is 10.3. The molecule has 0 heterocycles. The maximum absolute atomic E-state index is 12.0. The van der Waals surface area contributed by atoms with Crippen LogP contribution >= 0.6 is 11.8 Å². The molecule has 0 saturated carbocycles. The van der Waals surface area contributed by atoms with Gasteiger partial charge in [-0.05, 0) is 12.1 Å². The molecule has 0 aliphatic carbocycles. The number of ether oxygens (including phenoxy) is 4. The number of esters is 1. The second-order valence-corrected chi connectivity index (χ2v) is 6.27. The molecule has 0 radical (unpaired) electrons. The average molecular weight is 391 g/mol. The number of hydrogen-bond donors (Lipinski definition) is 1. The molecule has 2 rings (SSSR count). The normalized spacial score (nSPS) is 10.0. The van der Waals surface area contributed by atoms with Gasteiger partial charge in [0.15, 0.2) is 18.1 Å². The van der Waals surface area contributed by atoms with E-state index in [2.05, 4.69) is 5.32 Å².